The van der Waals surface area contributed by atoms with E-state index in [1.807, 2.05) is 6.92 Å². The minimum absolute atomic E-state index is 0.171. The summed E-state index contributed by atoms with van der Waals surface area (Å²) in [4.78, 5) is 25.3. The number of urea groups is 1. The summed E-state index contributed by atoms with van der Waals surface area (Å²) in [6.07, 6.45) is 1.19. The third-order valence-corrected chi connectivity index (χ3v) is 3.94. The summed E-state index contributed by atoms with van der Waals surface area (Å²) in [6.45, 7) is 2.51. The summed E-state index contributed by atoms with van der Waals surface area (Å²) < 4.78 is 0. The molecule has 102 valence electrons. The molecule has 0 bridgehead atoms. The number of hydrogen-bond donors (Lipinski definition) is 1. The maximum absolute atomic E-state index is 12.2. The quantitative estimate of drug-likeness (QED) is 0.909. The minimum atomic E-state index is -0.417. The predicted octanol–water partition coefficient (Wildman–Crippen LogP) is 3.47. The summed E-state index contributed by atoms with van der Waals surface area (Å²) >= 11 is 11.8. The molecule has 3 amide bonds. The normalized spacial score (nSPS) is 20.2. The summed E-state index contributed by atoms with van der Waals surface area (Å²) in [5.41, 5.74) is 0.439. The number of nitrogens with one attached hydrogen (secondary N) is 1. The number of imide groups is 1. The Bertz CT molecular complexity index is 519. The van der Waals surface area contributed by atoms with E-state index in [-0.39, 0.29) is 11.8 Å². The molecule has 1 aromatic carbocycles. The average Bonchev–Trinajstić information content (AvgIpc) is 2.52. The molecule has 0 aliphatic carbocycles. The van der Waals surface area contributed by atoms with E-state index in [0.29, 0.717) is 28.7 Å². The molecule has 1 aromatic rings. The molecule has 0 aromatic heterocycles. The number of carbonyl (C=O) groups excluding carboxylic acids is 2. The molecule has 1 heterocycles. The van der Waals surface area contributed by atoms with Crippen LogP contribution in [0.4, 0.5) is 10.5 Å². The number of anilines is 1. The van der Waals surface area contributed by atoms with Gasteiger partial charge in [0.1, 0.15) is 0 Å². The zero-order valence-electron chi connectivity index (χ0n) is 10.5. The highest BCUT2D eigenvalue weighted by Gasteiger charge is 2.29. The monoisotopic (exact) mass is 300 g/mol. The maximum atomic E-state index is 12.2. The molecule has 1 saturated heterocycles. The van der Waals surface area contributed by atoms with Gasteiger partial charge in [-0.25, -0.2) is 9.69 Å². The van der Waals surface area contributed by atoms with E-state index in [1.165, 1.54) is 6.07 Å². The van der Waals surface area contributed by atoms with Gasteiger partial charge >= 0.3 is 6.03 Å². The molecule has 1 unspecified atom stereocenters. The Kier molecular flexibility index (Phi) is 4.32. The highest BCUT2D eigenvalue weighted by molar-refractivity contribution is 6.42. The smallest absolute Gasteiger partial charge is 0.328 e. The molecular weight excluding hydrogens is 287 g/mol. The van der Waals surface area contributed by atoms with Gasteiger partial charge in [0.15, 0.2) is 0 Å². The van der Waals surface area contributed by atoms with E-state index in [4.69, 9.17) is 23.2 Å². The number of benzene rings is 1. The van der Waals surface area contributed by atoms with Crippen LogP contribution in [0, 0.1) is 5.92 Å². The highest BCUT2D eigenvalue weighted by atomic mass is 35.5. The van der Waals surface area contributed by atoms with E-state index in [2.05, 4.69) is 5.32 Å². The molecule has 1 aliphatic rings. The fourth-order valence-corrected chi connectivity index (χ4v) is 2.30. The Hall–Kier alpha value is -1.26. The second-order valence-electron chi connectivity index (χ2n) is 4.49. The number of amides is 3. The molecule has 0 spiro atoms. The van der Waals surface area contributed by atoms with Crippen LogP contribution in [-0.4, -0.2) is 18.5 Å². The van der Waals surface area contributed by atoms with Gasteiger partial charge in [0.05, 0.1) is 15.7 Å². The van der Waals surface area contributed by atoms with Crippen molar-refractivity contribution in [3.05, 3.63) is 28.2 Å². The van der Waals surface area contributed by atoms with E-state index in [0.717, 1.165) is 11.3 Å². The third-order valence-electron chi connectivity index (χ3n) is 3.20. The number of nitrogens with zero attached hydrogens (tertiary/aromatic N) is 1. The molecule has 19 heavy (non-hydrogen) atoms. The first-order valence-corrected chi connectivity index (χ1v) is 6.84. The summed E-state index contributed by atoms with van der Waals surface area (Å²) in [5, 5.41) is 3.45. The lowest BCUT2D eigenvalue weighted by Gasteiger charge is -2.18. The molecule has 1 N–H and O–H groups in total. The van der Waals surface area contributed by atoms with Crippen LogP contribution in [0.3, 0.4) is 0 Å². The lowest BCUT2D eigenvalue weighted by molar-refractivity contribution is -0.118. The largest absolute Gasteiger partial charge is 0.337 e. The average molecular weight is 301 g/mol. The van der Waals surface area contributed by atoms with Crippen molar-refractivity contribution in [3.8, 4) is 0 Å². The Balaban J connectivity index is 2.33. The fraction of sp³-hybridized carbons (Fsp3) is 0.385. The molecule has 6 heteroatoms. The minimum Gasteiger partial charge on any atom is -0.337 e. The molecule has 1 atom stereocenters. The van der Waals surface area contributed by atoms with Crippen LogP contribution in [-0.2, 0) is 4.79 Å². The number of carbonyl (C=O) groups is 2. The summed E-state index contributed by atoms with van der Waals surface area (Å²) in [5.74, 6) is -0.0514. The first-order valence-electron chi connectivity index (χ1n) is 6.08. The lowest BCUT2D eigenvalue weighted by atomic mass is 10.0. The predicted molar refractivity (Wildman–Crippen MR) is 75.7 cm³/mol. The molecule has 0 radical (unpaired) electrons. The topological polar surface area (TPSA) is 49.4 Å². The van der Waals surface area contributed by atoms with E-state index in [9.17, 15) is 9.59 Å². The van der Waals surface area contributed by atoms with Gasteiger partial charge in [0, 0.05) is 13.0 Å². The van der Waals surface area contributed by atoms with Gasteiger partial charge in [0.2, 0.25) is 5.91 Å². The Morgan fingerprint density at radius 1 is 1.32 bits per heavy atom. The summed E-state index contributed by atoms with van der Waals surface area (Å²) in [7, 11) is 0. The van der Waals surface area contributed by atoms with Crippen molar-refractivity contribution in [2.24, 2.45) is 5.92 Å². The van der Waals surface area contributed by atoms with E-state index < -0.39 is 6.03 Å². The zero-order valence-corrected chi connectivity index (χ0v) is 12.0. The van der Waals surface area contributed by atoms with Crippen LogP contribution >= 0.6 is 23.2 Å². The third kappa shape index (κ3) is 3.01. The molecule has 1 fully saturated rings. The SMILES string of the molecule is CCC1CNC(=O)N(c2ccc(Cl)c(Cl)c2)C(=O)C1. The molecule has 2 rings (SSSR count). The van der Waals surface area contributed by atoms with Crippen molar-refractivity contribution in [2.45, 2.75) is 19.8 Å². The van der Waals surface area contributed by atoms with Crippen LogP contribution in [0.1, 0.15) is 19.8 Å². The van der Waals surface area contributed by atoms with Gasteiger partial charge in [-0.3, -0.25) is 4.79 Å². The molecule has 4 nitrogen and oxygen atoms in total. The second-order valence-corrected chi connectivity index (χ2v) is 5.31. The number of halogens is 2. The number of rotatable bonds is 2. The van der Waals surface area contributed by atoms with Crippen LogP contribution in [0.15, 0.2) is 18.2 Å². The first-order chi connectivity index (χ1) is 9.02. The molecule has 1 aliphatic heterocycles. The Labute approximate surface area is 121 Å². The van der Waals surface area contributed by atoms with Crippen molar-refractivity contribution in [3.63, 3.8) is 0 Å². The highest BCUT2D eigenvalue weighted by Crippen LogP contribution is 2.28. The van der Waals surface area contributed by atoms with E-state index >= 15 is 0 Å². The van der Waals surface area contributed by atoms with Crippen molar-refractivity contribution in [1.82, 2.24) is 5.32 Å². The van der Waals surface area contributed by atoms with E-state index in [1.54, 1.807) is 12.1 Å². The van der Waals surface area contributed by atoms with Gasteiger partial charge in [0.25, 0.3) is 0 Å². The van der Waals surface area contributed by atoms with Crippen LogP contribution < -0.4 is 10.2 Å². The van der Waals surface area contributed by atoms with Crippen LogP contribution in [0.2, 0.25) is 10.0 Å². The first kappa shape index (κ1) is 14.2. The van der Waals surface area contributed by atoms with Crippen molar-refractivity contribution < 1.29 is 9.59 Å². The zero-order chi connectivity index (χ0) is 14.0. The van der Waals surface area contributed by atoms with Crippen molar-refractivity contribution in [1.29, 1.82) is 0 Å². The van der Waals surface area contributed by atoms with Crippen molar-refractivity contribution in [2.75, 3.05) is 11.4 Å². The second kappa shape index (κ2) is 5.80. The van der Waals surface area contributed by atoms with Crippen LogP contribution in [0.25, 0.3) is 0 Å². The lowest BCUT2D eigenvalue weighted by Crippen LogP contribution is -2.41. The van der Waals surface area contributed by atoms with Gasteiger partial charge in [-0.15, -0.1) is 0 Å². The Morgan fingerprint density at radius 2 is 2.05 bits per heavy atom. The van der Waals surface area contributed by atoms with Gasteiger partial charge in [-0.2, -0.15) is 0 Å². The van der Waals surface area contributed by atoms with Gasteiger partial charge < -0.3 is 5.32 Å². The van der Waals surface area contributed by atoms with Crippen molar-refractivity contribution >= 4 is 40.8 Å². The maximum Gasteiger partial charge on any atom is 0.328 e. The molecular formula is C13H14Cl2N2O2. The number of hydrogen-bond acceptors (Lipinski definition) is 2. The summed E-state index contributed by atoms with van der Waals surface area (Å²) in [6, 6.07) is 4.28. The van der Waals surface area contributed by atoms with Crippen LogP contribution in [0.5, 0.6) is 0 Å². The standard InChI is InChI=1S/C13H14Cl2N2O2/c1-2-8-5-12(18)17(13(19)16-7-8)9-3-4-10(14)11(15)6-9/h3-4,6,8H,2,5,7H2,1H3,(H,16,19). The van der Waals surface area contributed by atoms with Gasteiger partial charge in [-0.05, 0) is 24.1 Å². The van der Waals surface area contributed by atoms with Gasteiger partial charge in [-0.1, -0.05) is 36.5 Å². The Morgan fingerprint density at radius 3 is 2.68 bits per heavy atom. The molecule has 0 saturated carbocycles. The fourth-order valence-electron chi connectivity index (χ4n) is 2.01.